The summed E-state index contributed by atoms with van der Waals surface area (Å²) in [5.74, 6) is -2.02. The molecule has 0 bridgehead atoms. The van der Waals surface area contributed by atoms with Gasteiger partial charge in [-0.05, 0) is 30.3 Å². The van der Waals surface area contributed by atoms with E-state index in [-0.39, 0.29) is 22.0 Å². The van der Waals surface area contributed by atoms with Crippen molar-refractivity contribution in [2.24, 2.45) is 0 Å². The zero-order valence-electron chi connectivity index (χ0n) is 10.3. The summed E-state index contributed by atoms with van der Waals surface area (Å²) >= 11 is 5.68. The van der Waals surface area contributed by atoms with E-state index < -0.39 is 22.3 Å². The van der Waals surface area contributed by atoms with E-state index in [4.69, 9.17) is 11.6 Å². The number of hydrogen-bond donors (Lipinski definition) is 2. The molecule has 0 aliphatic carbocycles. The molecule has 1 amide bonds. The van der Waals surface area contributed by atoms with Gasteiger partial charge in [0.05, 0.1) is 16.6 Å². The Labute approximate surface area is 122 Å². The van der Waals surface area contributed by atoms with Crippen molar-refractivity contribution in [2.45, 2.75) is 0 Å². The van der Waals surface area contributed by atoms with Gasteiger partial charge in [-0.15, -0.1) is 0 Å². The van der Waals surface area contributed by atoms with E-state index in [1.807, 2.05) is 0 Å². The average molecular weight is 311 g/mol. The Morgan fingerprint density at radius 2 is 2.00 bits per heavy atom. The molecule has 0 atom stereocenters. The van der Waals surface area contributed by atoms with Crippen molar-refractivity contribution < 1.29 is 19.2 Å². The topological polar surface area (TPSA) is 92.5 Å². The molecule has 8 heteroatoms. The number of amides is 1. The Morgan fingerprint density at radius 3 is 2.67 bits per heavy atom. The first-order valence-corrected chi connectivity index (χ1v) is 6.00. The third kappa shape index (κ3) is 3.26. The highest BCUT2D eigenvalue weighted by atomic mass is 35.5. The molecule has 0 spiro atoms. The van der Waals surface area contributed by atoms with Gasteiger partial charge in [-0.2, -0.15) is 0 Å². The van der Waals surface area contributed by atoms with Gasteiger partial charge in [0, 0.05) is 5.02 Å². The Kier molecular flexibility index (Phi) is 4.04. The molecule has 2 aromatic carbocycles. The number of carbonyl (C=O) groups is 1. The number of phenols is 1. The standard InChI is InChI=1S/C13H8ClFN2O4/c14-7-1-3-10(15)9(5-7)13(19)16-11-4-2-8(18)6-12(11)17(20)21/h1-6,18H,(H,16,19). The monoisotopic (exact) mass is 310 g/mol. The lowest BCUT2D eigenvalue weighted by Crippen LogP contribution is -2.14. The van der Waals surface area contributed by atoms with Gasteiger partial charge < -0.3 is 10.4 Å². The molecule has 0 radical (unpaired) electrons. The first kappa shape index (κ1) is 14.7. The lowest BCUT2D eigenvalue weighted by atomic mass is 10.2. The number of hydrogen-bond acceptors (Lipinski definition) is 4. The van der Waals surface area contributed by atoms with Gasteiger partial charge in [0.2, 0.25) is 0 Å². The summed E-state index contributed by atoms with van der Waals surface area (Å²) in [6, 6.07) is 6.59. The number of phenolic OH excluding ortho intramolecular Hbond substituents is 1. The minimum absolute atomic E-state index is 0.154. The number of carbonyl (C=O) groups excluding carboxylic acids is 1. The SMILES string of the molecule is O=C(Nc1ccc(O)cc1[N+](=O)[O-])c1cc(Cl)ccc1F. The van der Waals surface area contributed by atoms with Crippen LogP contribution in [0.3, 0.4) is 0 Å². The molecule has 2 rings (SSSR count). The molecule has 2 N–H and O–H groups in total. The second-order valence-electron chi connectivity index (χ2n) is 4.04. The first-order valence-electron chi connectivity index (χ1n) is 5.62. The van der Waals surface area contributed by atoms with Crippen LogP contribution in [0.5, 0.6) is 5.75 Å². The molecule has 2 aromatic rings. The van der Waals surface area contributed by atoms with Gasteiger partial charge in [-0.25, -0.2) is 4.39 Å². The Morgan fingerprint density at radius 1 is 1.29 bits per heavy atom. The molecule has 21 heavy (non-hydrogen) atoms. The fourth-order valence-corrected chi connectivity index (χ4v) is 1.81. The van der Waals surface area contributed by atoms with Gasteiger partial charge >= 0.3 is 0 Å². The number of aromatic hydroxyl groups is 1. The first-order chi connectivity index (χ1) is 9.88. The predicted octanol–water partition coefficient (Wildman–Crippen LogP) is 3.35. The van der Waals surface area contributed by atoms with Crippen molar-refractivity contribution in [3.8, 4) is 5.75 Å². The maximum atomic E-state index is 13.6. The molecule has 0 heterocycles. The van der Waals surface area contributed by atoms with E-state index >= 15 is 0 Å². The Balaban J connectivity index is 2.36. The van der Waals surface area contributed by atoms with Gasteiger partial charge in [0.25, 0.3) is 11.6 Å². The van der Waals surface area contributed by atoms with Gasteiger partial charge in [0.15, 0.2) is 0 Å². The van der Waals surface area contributed by atoms with Crippen molar-refractivity contribution in [3.05, 3.63) is 62.9 Å². The fourth-order valence-electron chi connectivity index (χ4n) is 1.64. The normalized spacial score (nSPS) is 10.2. The van der Waals surface area contributed by atoms with Crippen molar-refractivity contribution in [1.29, 1.82) is 0 Å². The zero-order valence-corrected chi connectivity index (χ0v) is 11.1. The summed E-state index contributed by atoms with van der Waals surface area (Å²) in [5.41, 5.74) is -1.02. The molecule has 0 saturated heterocycles. The summed E-state index contributed by atoms with van der Waals surface area (Å²) in [4.78, 5) is 22.0. The van der Waals surface area contributed by atoms with Gasteiger partial charge in [-0.1, -0.05) is 11.6 Å². The second kappa shape index (κ2) is 5.76. The van der Waals surface area contributed by atoms with Crippen molar-refractivity contribution in [2.75, 3.05) is 5.32 Å². The maximum absolute atomic E-state index is 13.6. The van der Waals surface area contributed by atoms with E-state index in [2.05, 4.69) is 5.32 Å². The van der Waals surface area contributed by atoms with Crippen LogP contribution < -0.4 is 5.32 Å². The minimum Gasteiger partial charge on any atom is -0.508 e. The molecular formula is C13H8ClFN2O4. The number of halogens is 2. The largest absolute Gasteiger partial charge is 0.508 e. The van der Waals surface area contributed by atoms with Crippen LogP contribution in [0.4, 0.5) is 15.8 Å². The maximum Gasteiger partial charge on any atom is 0.296 e. The van der Waals surface area contributed by atoms with Crippen molar-refractivity contribution in [1.82, 2.24) is 0 Å². The summed E-state index contributed by atoms with van der Waals surface area (Å²) in [6.07, 6.45) is 0. The van der Waals surface area contributed by atoms with Crippen molar-refractivity contribution >= 4 is 28.9 Å². The summed E-state index contributed by atoms with van der Waals surface area (Å²) < 4.78 is 13.6. The van der Waals surface area contributed by atoms with Crippen molar-refractivity contribution in [3.63, 3.8) is 0 Å². The molecule has 0 saturated carbocycles. The van der Waals surface area contributed by atoms with Crippen LogP contribution in [0.25, 0.3) is 0 Å². The lowest BCUT2D eigenvalue weighted by molar-refractivity contribution is -0.384. The molecule has 0 aliphatic heterocycles. The number of nitro groups is 1. The van der Waals surface area contributed by atoms with Crippen LogP contribution in [-0.4, -0.2) is 15.9 Å². The van der Waals surface area contributed by atoms with E-state index in [0.29, 0.717) is 0 Å². The highest BCUT2D eigenvalue weighted by molar-refractivity contribution is 6.31. The van der Waals surface area contributed by atoms with Crippen LogP contribution in [-0.2, 0) is 0 Å². The summed E-state index contributed by atoms with van der Waals surface area (Å²) in [6.45, 7) is 0. The number of nitro benzene ring substituents is 1. The van der Waals surface area contributed by atoms with Crippen LogP contribution in [0.1, 0.15) is 10.4 Å². The molecule has 0 aliphatic rings. The Bertz CT molecular complexity index is 736. The fraction of sp³-hybridized carbons (Fsp3) is 0. The second-order valence-corrected chi connectivity index (χ2v) is 4.47. The smallest absolute Gasteiger partial charge is 0.296 e. The van der Waals surface area contributed by atoms with Gasteiger partial charge in [0.1, 0.15) is 17.3 Å². The lowest BCUT2D eigenvalue weighted by Gasteiger charge is -2.07. The van der Waals surface area contributed by atoms with Crippen LogP contribution in [0.2, 0.25) is 5.02 Å². The summed E-state index contributed by atoms with van der Waals surface area (Å²) in [7, 11) is 0. The summed E-state index contributed by atoms with van der Waals surface area (Å²) in [5, 5.41) is 22.5. The number of nitrogens with one attached hydrogen (secondary N) is 1. The van der Waals surface area contributed by atoms with E-state index in [1.54, 1.807) is 0 Å². The highest BCUT2D eigenvalue weighted by Gasteiger charge is 2.19. The third-order valence-electron chi connectivity index (χ3n) is 2.60. The third-order valence-corrected chi connectivity index (χ3v) is 2.83. The molecule has 6 nitrogen and oxygen atoms in total. The quantitative estimate of drug-likeness (QED) is 0.516. The predicted molar refractivity (Wildman–Crippen MR) is 74.1 cm³/mol. The highest BCUT2D eigenvalue weighted by Crippen LogP contribution is 2.29. The number of nitrogens with zero attached hydrogens (tertiary/aromatic N) is 1. The van der Waals surface area contributed by atoms with Crippen LogP contribution >= 0.6 is 11.6 Å². The Hall–Kier alpha value is -2.67. The van der Waals surface area contributed by atoms with Crippen LogP contribution in [0.15, 0.2) is 36.4 Å². The van der Waals surface area contributed by atoms with E-state index in [1.165, 1.54) is 6.07 Å². The number of rotatable bonds is 3. The molecular weight excluding hydrogens is 303 g/mol. The molecule has 0 aromatic heterocycles. The number of benzene rings is 2. The zero-order chi connectivity index (χ0) is 15.6. The molecule has 0 unspecified atom stereocenters. The average Bonchev–Trinajstić information content (AvgIpc) is 2.43. The van der Waals surface area contributed by atoms with Gasteiger partial charge in [-0.3, -0.25) is 14.9 Å². The van der Waals surface area contributed by atoms with E-state index in [0.717, 1.165) is 30.3 Å². The molecule has 108 valence electrons. The number of anilines is 1. The van der Waals surface area contributed by atoms with E-state index in [9.17, 15) is 24.4 Å². The molecule has 0 fully saturated rings. The van der Waals surface area contributed by atoms with Crippen LogP contribution in [0, 0.1) is 15.9 Å². The minimum atomic E-state index is -0.885.